The van der Waals surface area contributed by atoms with E-state index in [4.69, 9.17) is 0 Å². The molecule has 0 aliphatic carbocycles. The lowest BCUT2D eigenvalue weighted by Crippen LogP contribution is -2.71. The number of nitrogens with zero attached hydrogens (tertiary/aromatic N) is 1. The molecule has 0 aliphatic heterocycles. The highest BCUT2D eigenvalue weighted by molar-refractivity contribution is 5.18. The van der Waals surface area contributed by atoms with Gasteiger partial charge in [-0.25, -0.2) is 0 Å². The summed E-state index contributed by atoms with van der Waals surface area (Å²) in [5.41, 5.74) is 1.56. The van der Waals surface area contributed by atoms with Crippen LogP contribution in [-0.2, 0) is 0 Å². The summed E-state index contributed by atoms with van der Waals surface area (Å²) in [5.74, 6) is 0. The second-order valence-electron chi connectivity index (χ2n) is 10.3. The molecule has 0 atom stereocenters. The molecule has 126 valence electrons. The molecule has 1 heteroatoms. The Hall–Kier alpha value is -0.300. The van der Waals surface area contributed by atoms with Gasteiger partial charge in [0.2, 0.25) is 0 Å². The molecule has 0 saturated heterocycles. The molecule has 0 rings (SSSR count). The van der Waals surface area contributed by atoms with E-state index < -0.39 is 0 Å². The molecule has 0 heterocycles. The molecular weight excluding hydrogens is 254 g/mol. The summed E-state index contributed by atoms with van der Waals surface area (Å²) in [6, 6.07) is 0. The van der Waals surface area contributed by atoms with Crippen molar-refractivity contribution in [2.75, 3.05) is 0 Å². The topological polar surface area (TPSA) is 3.24 Å². The second-order valence-corrected chi connectivity index (χ2v) is 10.3. The summed E-state index contributed by atoms with van der Waals surface area (Å²) in [5, 5.41) is 0. The van der Waals surface area contributed by atoms with Gasteiger partial charge in [0.25, 0.3) is 0 Å². The SMILES string of the molecule is C=C(C)C(C)(C)N(C(C)(C)C(C)(C)C)C(C)(C)C(C)(C)C. The molecule has 0 N–H and O–H groups in total. The lowest BCUT2D eigenvalue weighted by molar-refractivity contribution is -0.135. The molecule has 0 radical (unpaired) electrons. The summed E-state index contributed by atoms with van der Waals surface area (Å²) < 4.78 is 0. The van der Waals surface area contributed by atoms with Crippen molar-refractivity contribution in [1.29, 1.82) is 0 Å². The molecular formula is C20H41N. The first-order valence-electron chi connectivity index (χ1n) is 8.27. The van der Waals surface area contributed by atoms with Crippen LogP contribution in [0.2, 0.25) is 0 Å². The predicted molar refractivity (Wildman–Crippen MR) is 97.8 cm³/mol. The van der Waals surface area contributed by atoms with Gasteiger partial charge in [-0.2, -0.15) is 0 Å². The van der Waals surface area contributed by atoms with Crippen molar-refractivity contribution in [3.63, 3.8) is 0 Å². The van der Waals surface area contributed by atoms with Crippen LogP contribution in [0.5, 0.6) is 0 Å². The Morgan fingerprint density at radius 3 is 1.00 bits per heavy atom. The predicted octanol–water partition coefficient (Wildman–Crippen LogP) is 6.29. The third kappa shape index (κ3) is 3.55. The third-order valence-corrected chi connectivity index (χ3v) is 6.39. The van der Waals surface area contributed by atoms with Crippen LogP contribution in [-0.4, -0.2) is 21.5 Å². The fraction of sp³-hybridized carbons (Fsp3) is 0.900. The maximum atomic E-state index is 4.30. The van der Waals surface area contributed by atoms with Crippen LogP contribution < -0.4 is 0 Å². The molecule has 0 fully saturated rings. The Bertz CT molecular complexity index is 357. The van der Waals surface area contributed by atoms with Gasteiger partial charge >= 0.3 is 0 Å². The first kappa shape index (κ1) is 20.7. The minimum atomic E-state index is -0.0619. The minimum absolute atomic E-state index is 0.0340. The van der Waals surface area contributed by atoms with Crippen LogP contribution in [0.25, 0.3) is 0 Å². The Balaban J connectivity index is 6.41. The summed E-state index contributed by atoms with van der Waals surface area (Å²) in [4.78, 5) is 2.70. The molecule has 0 amide bonds. The quantitative estimate of drug-likeness (QED) is 0.551. The number of rotatable bonds is 4. The summed E-state index contributed by atoms with van der Waals surface area (Å²) >= 11 is 0. The van der Waals surface area contributed by atoms with Gasteiger partial charge in [-0.1, -0.05) is 53.7 Å². The van der Waals surface area contributed by atoms with Gasteiger partial charge in [-0.15, -0.1) is 0 Å². The zero-order valence-electron chi connectivity index (χ0n) is 17.2. The van der Waals surface area contributed by atoms with Crippen molar-refractivity contribution in [2.24, 2.45) is 10.8 Å². The van der Waals surface area contributed by atoms with Crippen LogP contribution in [0.3, 0.4) is 0 Å². The molecule has 21 heavy (non-hydrogen) atoms. The Labute approximate surface area is 135 Å². The minimum Gasteiger partial charge on any atom is -0.283 e. The zero-order chi connectivity index (χ0) is 17.7. The van der Waals surface area contributed by atoms with E-state index in [9.17, 15) is 0 Å². The average molecular weight is 296 g/mol. The molecule has 1 nitrogen and oxygen atoms in total. The summed E-state index contributed by atoms with van der Waals surface area (Å²) in [6.45, 7) is 34.6. The van der Waals surface area contributed by atoms with Crippen molar-refractivity contribution >= 4 is 0 Å². The largest absolute Gasteiger partial charge is 0.283 e. The van der Waals surface area contributed by atoms with Crippen molar-refractivity contribution in [3.8, 4) is 0 Å². The summed E-state index contributed by atoms with van der Waals surface area (Å²) in [7, 11) is 0. The Morgan fingerprint density at radius 1 is 0.619 bits per heavy atom. The van der Waals surface area contributed by atoms with Gasteiger partial charge in [0.1, 0.15) is 0 Å². The van der Waals surface area contributed by atoms with Crippen molar-refractivity contribution in [3.05, 3.63) is 12.2 Å². The molecule has 0 spiro atoms. The van der Waals surface area contributed by atoms with E-state index in [2.05, 4.69) is 101 Å². The fourth-order valence-corrected chi connectivity index (χ4v) is 2.96. The van der Waals surface area contributed by atoms with E-state index in [-0.39, 0.29) is 27.4 Å². The number of hydrogen-bond donors (Lipinski definition) is 0. The maximum Gasteiger partial charge on any atom is 0.0369 e. The van der Waals surface area contributed by atoms with Gasteiger partial charge in [-0.05, 0) is 59.3 Å². The first-order chi connectivity index (χ1) is 8.81. The van der Waals surface area contributed by atoms with Crippen LogP contribution in [0.1, 0.15) is 90.0 Å². The molecule has 0 unspecified atom stereocenters. The summed E-state index contributed by atoms with van der Waals surface area (Å²) in [6.07, 6.45) is 0. The van der Waals surface area contributed by atoms with E-state index in [0.717, 1.165) is 0 Å². The highest BCUT2D eigenvalue weighted by Gasteiger charge is 2.54. The molecule has 0 bridgehead atoms. The van der Waals surface area contributed by atoms with Crippen molar-refractivity contribution in [1.82, 2.24) is 4.90 Å². The van der Waals surface area contributed by atoms with Gasteiger partial charge in [-0.3, -0.25) is 4.90 Å². The first-order valence-corrected chi connectivity index (χ1v) is 8.27. The second kappa shape index (κ2) is 5.41. The molecule has 0 aliphatic rings. The van der Waals surface area contributed by atoms with Crippen molar-refractivity contribution in [2.45, 2.75) is 107 Å². The van der Waals surface area contributed by atoms with Crippen LogP contribution in [0.4, 0.5) is 0 Å². The van der Waals surface area contributed by atoms with E-state index in [1.165, 1.54) is 5.57 Å². The maximum absolute atomic E-state index is 4.30. The fourth-order valence-electron chi connectivity index (χ4n) is 2.96. The standard InChI is InChI=1S/C20H41N/c1-15(2)18(9,10)21(19(11,12)16(3,4)5)20(13,14)17(6,7)8/h1H2,2-14H3. The highest BCUT2D eigenvalue weighted by Crippen LogP contribution is 2.50. The van der Waals surface area contributed by atoms with Gasteiger partial charge < -0.3 is 0 Å². The van der Waals surface area contributed by atoms with Gasteiger partial charge in [0.15, 0.2) is 0 Å². The van der Waals surface area contributed by atoms with Crippen molar-refractivity contribution < 1.29 is 0 Å². The monoisotopic (exact) mass is 295 g/mol. The lowest BCUT2D eigenvalue weighted by atomic mass is 9.65. The van der Waals surface area contributed by atoms with Crippen LogP contribution in [0, 0.1) is 10.8 Å². The highest BCUT2D eigenvalue weighted by atomic mass is 15.3. The Morgan fingerprint density at radius 2 is 0.857 bits per heavy atom. The van der Waals surface area contributed by atoms with Gasteiger partial charge in [0, 0.05) is 16.6 Å². The molecule has 0 aromatic carbocycles. The van der Waals surface area contributed by atoms with Crippen LogP contribution in [0.15, 0.2) is 12.2 Å². The average Bonchev–Trinajstić information content (AvgIpc) is 2.11. The molecule has 0 saturated carbocycles. The van der Waals surface area contributed by atoms with E-state index in [0.29, 0.717) is 0 Å². The number of hydrogen-bond acceptors (Lipinski definition) is 1. The van der Waals surface area contributed by atoms with E-state index in [1.807, 2.05) is 0 Å². The third-order valence-electron chi connectivity index (χ3n) is 6.39. The van der Waals surface area contributed by atoms with E-state index >= 15 is 0 Å². The van der Waals surface area contributed by atoms with Crippen LogP contribution >= 0.6 is 0 Å². The lowest BCUT2D eigenvalue weighted by Gasteiger charge is -2.64. The van der Waals surface area contributed by atoms with Gasteiger partial charge in [0.05, 0.1) is 0 Å². The molecule has 0 aromatic heterocycles. The Kier molecular flexibility index (Phi) is 5.33. The smallest absolute Gasteiger partial charge is 0.0369 e. The molecule has 0 aromatic rings. The zero-order valence-corrected chi connectivity index (χ0v) is 17.2. The van der Waals surface area contributed by atoms with E-state index in [1.54, 1.807) is 0 Å². The normalized spacial score (nSPS) is 15.5.